The van der Waals surface area contributed by atoms with Crippen LogP contribution in [0.5, 0.6) is 0 Å². The van der Waals surface area contributed by atoms with Gasteiger partial charge < -0.3 is 10.4 Å². The Bertz CT molecular complexity index is 869. The summed E-state index contributed by atoms with van der Waals surface area (Å²) in [6, 6.07) is 5.84. The number of nitrogens with zero attached hydrogens (tertiary/aromatic N) is 2. The molecule has 2 heterocycles. The fraction of sp³-hybridized carbons (Fsp3) is 0.200. The smallest absolute Gasteiger partial charge is 0.394 e. The van der Waals surface area contributed by atoms with Gasteiger partial charge in [-0.15, -0.1) is 11.3 Å². The number of hydrogen-bond acceptors (Lipinski definition) is 5. The first-order valence-corrected chi connectivity index (χ1v) is 8.10. The average molecular weight is 374 g/mol. The standard InChI is InChI=1S/C15H11ClF3N3OS/c16-14-21-10-5-6-24-12(10)13(22-14)20-11(7-23)8-3-1-2-4-9(8)15(17,18)19/h1-6,11,23H,7H2,(H,20,21,22). The van der Waals surface area contributed by atoms with Crippen LogP contribution in [0.25, 0.3) is 10.2 Å². The van der Waals surface area contributed by atoms with Crippen LogP contribution in [0.15, 0.2) is 35.7 Å². The summed E-state index contributed by atoms with van der Waals surface area (Å²) < 4.78 is 40.2. The average Bonchev–Trinajstić information content (AvgIpc) is 3.00. The van der Waals surface area contributed by atoms with Gasteiger partial charge in [0.05, 0.1) is 28.4 Å². The van der Waals surface area contributed by atoms with Crippen molar-refractivity contribution in [3.8, 4) is 0 Å². The molecule has 0 fully saturated rings. The lowest BCUT2D eigenvalue weighted by atomic mass is 10.0. The molecule has 0 radical (unpaired) electrons. The van der Waals surface area contributed by atoms with Gasteiger partial charge in [-0.05, 0) is 34.7 Å². The van der Waals surface area contributed by atoms with Crippen molar-refractivity contribution in [3.05, 3.63) is 52.1 Å². The van der Waals surface area contributed by atoms with Crippen LogP contribution < -0.4 is 5.32 Å². The molecule has 0 bridgehead atoms. The maximum atomic E-state index is 13.2. The maximum Gasteiger partial charge on any atom is 0.416 e. The van der Waals surface area contributed by atoms with Gasteiger partial charge in [0, 0.05) is 0 Å². The van der Waals surface area contributed by atoms with Crippen molar-refractivity contribution in [2.45, 2.75) is 12.2 Å². The molecule has 3 aromatic rings. The van der Waals surface area contributed by atoms with E-state index in [0.717, 1.165) is 6.07 Å². The van der Waals surface area contributed by atoms with E-state index in [-0.39, 0.29) is 16.7 Å². The number of anilines is 1. The predicted octanol–water partition coefficient (Wildman–Crippen LogP) is 4.51. The molecule has 126 valence electrons. The first-order valence-electron chi connectivity index (χ1n) is 6.84. The van der Waals surface area contributed by atoms with Crippen molar-refractivity contribution in [1.82, 2.24) is 9.97 Å². The van der Waals surface area contributed by atoms with E-state index in [1.165, 1.54) is 29.5 Å². The summed E-state index contributed by atoms with van der Waals surface area (Å²) in [4.78, 5) is 8.08. The zero-order valence-corrected chi connectivity index (χ0v) is 13.6. The summed E-state index contributed by atoms with van der Waals surface area (Å²) in [5.74, 6) is 0.288. The van der Waals surface area contributed by atoms with Gasteiger partial charge in [0.1, 0.15) is 5.82 Å². The zero-order valence-electron chi connectivity index (χ0n) is 12.0. The van der Waals surface area contributed by atoms with Crippen LogP contribution >= 0.6 is 22.9 Å². The second-order valence-corrected chi connectivity index (χ2v) is 6.19. The Morgan fingerprint density at radius 1 is 1.21 bits per heavy atom. The van der Waals surface area contributed by atoms with E-state index in [1.54, 1.807) is 11.4 Å². The minimum Gasteiger partial charge on any atom is -0.394 e. The number of nitrogens with one attached hydrogen (secondary N) is 1. The van der Waals surface area contributed by atoms with Crippen molar-refractivity contribution in [3.63, 3.8) is 0 Å². The van der Waals surface area contributed by atoms with Gasteiger partial charge in [0.25, 0.3) is 0 Å². The summed E-state index contributed by atoms with van der Waals surface area (Å²) in [5, 5.41) is 14.2. The van der Waals surface area contributed by atoms with E-state index in [2.05, 4.69) is 15.3 Å². The minimum atomic E-state index is -4.52. The summed E-state index contributed by atoms with van der Waals surface area (Å²) in [5.41, 5.74) is -0.283. The predicted molar refractivity (Wildman–Crippen MR) is 87.3 cm³/mol. The van der Waals surface area contributed by atoms with Gasteiger partial charge in [0.2, 0.25) is 5.28 Å². The molecule has 9 heteroatoms. The van der Waals surface area contributed by atoms with Crippen LogP contribution in [0.1, 0.15) is 17.2 Å². The second kappa shape index (κ2) is 6.54. The molecule has 2 N–H and O–H groups in total. The van der Waals surface area contributed by atoms with Crippen molar-refractivity contribution in [2.24, 2.45) is 0 Å². The lowest BCUT2D eigenvalue weighted by Crippen LogP contribution is -2.20. The molecule has 0 spiro atoms. The summed E-state index contributed by atoms with van der Waals surface area (Å²) in [6.45, 7) is -0.540. The van der Waals surface area contributed by atoms with E-state index in [9.17, 15) is 18.3 Å². The topological polar surface area (TPSA) is 58.0 Å². The number of aliphatic hydroxyl groups excluding tert-OH is 1. The van der Waals surface area contributed by atoms with Gasteiger partial charge in [-0.2, -0.15) is 18.2 Å². The van der Waals surface area contributed by atoms with Gasteiger partial charge in [-0.25, -0.2) is 4.98 Å². The number of aliphatic hydroxyl groups is 1. The summed E-state index contributed by atoms with van der Waals surface area (Å²) in [6.07, 6.45) is -4.52. The van der Waals surface area contributed by atoms with E-state index in [1.807, 2.05) is 0 Å². The highest BCUT2D eigenvalue weighted by Gasteiger charge is 2.35. The lowest BCUT2D eigenvalue weighted by Gasteiger charge is -2.21. The highest BCUT2D eigenvalue weighted by atomic mass is 35.5. The van der Waals surface area contributed by atoms with Crippen LogP contribution in [0.3, 0.4) is 0 Å². The van der Waals surface area contributed by atoms with Crippen LogP contribution in [-0.2, 0) is 6.18 Å². The molecule has 0 aliphatic carbocycles. The third-order valence-electron chi connectivity index (χ3n) is 3.41. The Morgan fingerprint density at radius 2 is 1.96 bits per heavy atom. The Balaban J connectivity index is 2.03. The Morgan fingerprint density at radius 3 is 2.67 bits per heavy atom. The number of hydrogen-bond donors (Lipinski definition) is 2. The zero-order chi connectivity index (χ0) is 17.3. The first-order chi connectivity index (χ1) is 11.4. The number of halogens is 4. The monoisotopic (exact) mass is 373 g/mol. The molecule has 3 rings (SSSR count). The SMILES string of the molecule is OCC(Nc1nc(Cl)nc2ccsc12)c1ccccc1C(F)(F)F. The normalized spacial score (nSPS) is 13.2. The van der Waals surface area contributed by atoms with Gasteiger partial charge in [-0.3, -0.25) is 0 Å². The summed E-state index contributed by atoms with van der Waals surface area (Å²) >= 11 is 7.19. The van der Waals surface area contributed by atoms with E-state index < -0.39 is 24.4 Å². The molecule has 4 nitrogen and oxygen atoms in total. The van der Waals surface area contributed by atoms with E-state index >= 15 is 0 Å². The van der Waals surface area contributed by atoms with Crippen molar-refractivity contribution in [2.75, 3.05) is 11.9 Å². The quantitative estimate of drug-likeness (QED) is 0.661. The molecule has 0 aliphatic heterocycles. The highest BCUT2D eigenvalue weighted by Crippen LogP contribution is 2.36. The number of rotatable bonds is 4. The molecule has 0 amide bonds. The second-order valence-electron chi connectivity index (χ2n) is 4.94. The number of aromatic nitrogens is 2. The van der Waals surface area contributed by atoms with Crippen LogP contribution in [0.2, 0.25) is 5.28 Å². The molecule has 0 saturated heterocycles. The third-order valence-corrected chi connectivity index (χ3v) is 4.49. The van der Waals surface area contributed by atoms with E-state index in [0.29, 0.717) is 10.2 Å². The molecule has 0 aliphatic rings. The molecule has 1 aromatic carbocycles. The summed E-state index contributed by atoms with van der Waals surface area (Å²) in [7, 11) is 0. The van der Waals surface area contributed by atoms with Gasteiger partial charge in [-0.1, -0.05) is 18.2 Å². The Kier molecular flexibility index (Phi) is 4.62. The molecule has 1 unspecified atom stereocenters. The van der Waals surface area contributed by atoms with Gasteiger partial charge in [0.15, 0.2) is 0 Å². The first kappa shape index (κ1) is 16.9. The van der Waals surface area contributed by atoms with Crippen LogP contribution in [-0.4, -0.2) is 21.7 Å². The molecule has 24 heavy (non-hydrogen) atoms. The number of fused-ring (bicyclic) bond motifs is 1. The van der Waals surface area contributed by atoms with Crippen LogP contribution in [0, 0.1) is 0 Å². The molecule has 0 saturated carbocycles. The maximum absolute atomic E-state index is 13.2. The molecule has 2 aromatic heterocycles. The largest absolute Gasteiger partial charge is 0.416 e. The minimum absolute atomic E-state index is 0.0239. The highest BCUT2D eigenvalue weighted by molar-refractivity contribution is 7.17. The number of benzene rings is 1. The fourth-order valence-corrected chi connectivity index (χ4v) is 3.34. The van der Waals surface area contributed by atoms with E-state index in [4.69, 9.17) is 11.6 Å². The third kappa shape index (κ3) is 3.31. The Hall–Kier alpha value is -1.90. The number of thiophene rings is 1. The molecular weight excluding hydrogens is 363 g/mol. The Labute approximate surface area is 143 Å². The lowest BCUT2D eigenvalue weighted by molar-refractivity contribution is -0.138. The van der Waals surface area contributed by atoms with Crippen molar-refractivity contribution < 1.29 is 18.3 Å². The van der Waals surface area contributed by atoms with Crippen molar-refractivity contribution in [1.29, 1.82) is 0 Å². The van der Waals surface area contributed by atoms with Crippen molar-refractivity contribution >= 4 is 39.0 Å². The molecule has 1 atom stereocenters. The van der Waals surface area contributed by atoms with Crippen LogP contribution in [0.4, 0.5) is 19.0 Å². The fourth-order valence-electron chi connectivity index (χ4n) is 2.38. The molecular formula is C15H11ClF3N3OS. The van der Waals surface area contributed by atoms with Gasteiger partial charge >= 0.3 is 6.18 Å². The number of alkyl halides is 3.